The predicted molar refractivity (Wildman–Crippen MR) is 130 cm³/mol. The van der Waals surface area contributed by atoms with Crippen LogP contribution in [0.1, 0.15) is 16.7 Å². The summed E-state index contributed by atoms with van der Waals surface area (Å²) in [5.74, 6) is 0. The number of aromatic amines is 1. The lowest BCUT2D eigenvalue weighted by Gasteiger charge is -2.03. The number of H-pyrrole nitrogens is 1. The molecule has 0 radical (unpaired) electrons. The summed E-state index contributed by atoms with van der Waals surface area (Å²) in [7, 11) is 0. The topological polar surface area (TPSA) is 41.8 Å². The minimum atomic E-state index is 0.828. The van der Waals surface area contributed by atoms with Crippen molar-refractivity contribution in [3.8, 4) is 11.3 Å². The average molecular weight is 498 g/mol. The SMILES string of the molecule is Cc1cccc(C=C(Br)Br)c1N.Cc1cccc2cc(-c3ccccc3)[nH]c12. The number of para-hydroxylation sites is 2. The molecule has 0 fully saturated rings. The second kappa shape index (κ2) is 9.26. The number of benzene rings is 3. The number of nitrogens with one attached hydrogen (secondary N) is 1. The van der Waals surface area contributed by atoms with Crippen molar-refractivity contribution in [1.82, 2.24) is 4.98 Å². The van der Waals surface area contributed by atoms with Crippen molar-refractivity contribution in [2.75, 3.05) is 5.73 Å². The van der Waals surface area contributed by atoms with Gasteiger partial charge in [0.1, 0.15) is 0 Å². The highest BCUT2D eigenvalue weighted by atomic mass is 79.9. The summed E-state index contributed by atoms with van der Waals surface area (Å²) >= 11 is 6.58. The minimum absolute atomic E-state index is 0.828. The molecule has 4 heteroatoms. The minimum Gasteiger partial charge on any atom is -0.398 e. The van der Waals surface area contributed by atoms with Crippen molar-refractivity contribution in [2.24, 2.45) is 0 Å². The van der Waals surface area contributed by atoms with E-state index in [2.05, 4.69) is 92.3 Å². The quantitative estimate of drug-likeness (QED) is 0.272. The Bertz CT molecular complexity index is 1110. The van der Waals surface area contributed by atoms with Crippen LogP contribution in [0.15, 0.2) is 76.2 Å². The monoisotopic (exact) mass is 496 g/mol. The van der Waals surface area contributed by atoms with Gasteiger partial charge in [-0.2, -0.15) is 0 Å². The molecule has 4 rings (SSSR count). The fourth-order valence-corrected chi connectivity index (χ4v) is 3.52. The van der Waals surface area contributed by atoms with Gasteiger partial charge in [0.05, 0.1) is 3.39 Å². The van der Waals surface area contributed by atoms with E-state index in [1.807, 2.05) is 37.3 Å². The number of nitrogens with two attached hydrogens (primary N) is 1. The lowest BCUT2D eigenvalue weighted by Crippen LogP contribution is -1.92. The molecule has 2 nitrogen and oxygen atoms in total. The summed E-state index contributed by atoms with van der Waals surface area (Å²) < 4.78 is 0.896. The number of halogens is 2. The number of nitrogen functional groups attached to an aromatic ring is 1. The Morgan fingerprint density at radius 3 is 2.21 bits per heavy atom. The van der Waals surface area contributed by atoms with Crippen molar-refractivity contribution < 1.29 is 0 Å². The molecule has 3 N–H and O–H groups in total. The highest BCUT2D eigenvalue weighted by Crippen LogP contribution is 2.26. The zero-order valence-corrected chi connectivity index (χ0v) is 19.0. The first-order valence-electron chi connectivity index (χ1n) is 8.97. The van der Waals surface area contributed by atoms with E-state index >= 15 is 0 Å². The number of anilines is 1. The first-order chi connectivity index (χ1) is 13.5. The number of hydrogen-bond acceptors (Lipinski definition) is 1. The molecule has 1 aromatic heterocycles. The fourth-order valence-electron chi connectivity index (χ4n) is 3.03. The van der Waals surface area contributed by atoms with Gasteiger partial charge in [0.25, 0.3) is 0 Å². The molecular formula is C24H22Br2N2. The molecule has 1 heterocycles. The van der Waals surface area contributed by atoms with Gasteiger partial charge in [0.2, 0.25) is 0 Å². The standard InChI is InChI=1S/C15H13N.C9H9Br2N/c1-11-6-5-9-13-10-14(16-15(11)13)12-7-3-2-4-8-12;1-6-3-2-4-7(9(6)12)5-8(10)11/h2-10,16H,1H3;2-5H,12H2,1H3. The Kier molecular flexibility index (Phi) is 6.76. The van der Waals surface area contributed by atoms with E-state index in [1.165, 1.54) is 27.7 Å². The Morgan fingerprint density at radius 2 is 1.54 bits per heavy atom. The van der Waals surface area contributed by atoms with E-state index in [4.69, 9.17) is 5.73 Å². The Morgan fingerprint density at radius 1 is 0.857 bits per heavy atom. The number of aromatic nitrogens is 1. The highest BCUT2D eigenvalue weighted by Gasteiger charge is 2.03. The van der Waals surface area contributed by atoms with Crippen LogP contribution < -0.4 is 5.73 Å². The fraction of sp³-hybridized carbons (Fsp3) is 0.0833. The van der Waals surface area contributed by atoms with Crippen LogP contribution in [-0.4, -0.2) is 4.98 Å². The molecule has 0 aliphatic carbocycles. The molecule has 142 valence electrons. The van der Waals surface area contributed by atoms with Gasteiger partial charge in [-0.1, -0.05) is 66.7 Å². The third kappa shape index (κ3) is 4.94. The van der Waals surface area contributed by atoms with Crippen molar-refractivity contribution >= 4 is 54.5 Å². The second-order valence-corrected chi connectivity index (χ2v) is 9.37. The number of fused-ring (bicyclic) bond motifs is 1. The van der Waals surface area contributed by atoms with Gasteiger partial charge in [0, 0.05) is 22.3 Å². The third-order valence-electron chi connectivity index (χ3n) is 4.57. The van der Waals surface area contributed by atoms with Gasteiger partial charge in [-0.25, -0.2) is 0 Å². The molecule has 0 bridgehead atoms. The smallest absolute Gasteiger partial charge is 0.0610 e. The van der Waals surface area contributed by atoms with E-state index in [1.54, 1.807) is 0 Å². The van der Waals surface area contributed by atoms with Crippen LogP contribution in [0.25, 0.3) is 28.2 Å². The van der Waals surface area contributed by atoms with Crippen molar-refractivity contribution in [2.45, 2.75) is 13.8 Å². The first-order valence-corrected chi connectivity index (χ1v) is 10.6. The maximum atomic E-state index is 5.84. The molecule has 3 aromatic carbocycles. The number of rotatable bonds is 2. The van der Waals surface area contributed by atoms with Crippen molar-refractivity contribution in [3.63, 3.8) is 0 Å². The van der Waals surface area contributed by atoms with Gasteiger partial charge in [-0.15, -0.1) is 0 Å². The van der Waals surface area contributed by atoms with Gasteiger partial charge in [-0.3, -0.25) is 0 Å². The van der Waals surface area contributed by atoms with Crippen LogP contribution in [0.2, 0.25) is 0 Å². The molecule has 0 amide bonds. The second-order valence-electron chi connectivity index (χ2n) is 6.60. The van der Waals surface area contributed by atoms with Crippen molar-refractivity contribution in [1.29, 1.82) is 0 Å². The lowest BCUT2D eigenvalue weighted by molar-refractivity contribution is 1.41. The van der Waals surface area contributed by atoms with Crippen LogP contribution in [-0.2, 0) is 0 Å². The lowest BCUT2D eigenvalue weighted by atomic mass is 10.1. The molecule has 0 saturated heterocycles. The first kappa shape index (κ1) is 20.4. The van der Waals surface area contributed by atoms with Crippen LogP contribution in [0, 0.1) is 13.8 Å². The maximum Gasteiger partial charge on any atom is 0.0610 e. The number of aryl methyl sites for hydroxylation is 2. The third-order valence-corrected chi connectivity index (χ3v) is 5.03. The highest BCUT2D eigenvalue weighted by molar-refractivity contribution is 9.28. The molecular weight excluding hydrogens is 476 g/mol. The Labute approximate surface area is 182 Å². The van der Waals surface area contributed by atoms with E-state index in [-0.39, 0.29) is 0 Å². The number of hydrogen-bond donors (Lipinski definition) is 2. The molecule has 0 aliphatic rings. The van der Waals surface area contributed by atoms with Crippen LogP contribution >= 0.6 is 31.9 Å². The molecule has 0 spiro atoms. The summed E-state index contributed by atoms with van der Waals surface area (Å²) in [5.41, 5.74) is 13.7. The van der Waals surface area contributed by atoms with Gasteiger partial charge in [0.15, 0.2) is 0 Å². The largest absolute Gasteiger partial charge is 0.398 e. The van der Waals surface area contributed by atoms with Crippen LogP contribution in [0.3, 0.4) is 0 Å². The molecule has 4 aromatic rings. The summed E-state index contributed by atoms with van der Waals surface area (Å²) in [5, 5.41) is 1.28. The van der Waals surface area contributed by atoms with E-state index in [0.29, 0.717) is 0 Å². The molecule has 0 aliphatic heterocycles. The van der Waals surface area contributed by atoms with Gasteiger partial charge in [-0.05, 0) is 80.1 Å². The molecule has 0 atom stereocenters. The summed E-state index contributed by atoms with van der Waals surface area (Å²) in [6.07, 6.45) is 1.93. The zero-order valence-electron chi connectivity index (χ0n) is 15.8. The maximum absolute atomic E-state index is 5.84. The van der Waals surface area contributed by atoms with Gasteiger partial charge < -0.3 is 10.7 Å². The van der Waals surface area contributed by atoms with Crippen molar-refractivity contribution in [3.05, 3.63) is 92.9 Å². The van der Waals surface area contributed by atoms with E-state index < -0.39 is 0 Å². The summed E-state index contributed by atoms with van der Waals surface area (Å²) in [4.78, 5) is 3.48. The van der Waals surface area contributed by atoms with Crippen LogP contribution in [0.4, 0.5) is 5.69 Å². The summed E-state index contributed by atoms with van der Waals surface area (Å²) in [6.45, 7) is 4.13. The predicted octanol–water partition coefficient (Wildman–Crippen LogP) is 7.81. The van der Waals surface area contributed by atoms with E-state index in [9.17, 15) is 0 Å². The molecule has 0 saturated carbocycles. The van der Waals surface area contributed by atoms with Crippen LogP contribution in [0.5, 0.6) is 0 Å². The molecule has 0 unspecified atom stereocenters. The average Bonchev–Trinajstić information content (AvgIpc) is 3.12. The molecule has 28 heavy (non-hydrogen) atoms. The zero-order chi connectivity index (χ0) is 20.1. The Hall–Kier alpha value is -2.30. The van der Waals surface area contributed by atoms with E-state index in [0.717, 1.165) is 20.2 Å². The summed E-state index contributed by atoms with van der Waals surface area (Å²) in [6, 6.07) is 25.0. The normalized spacial score (nSPS) is 10.3. The van der Waals surface area contributed by atoms with Gasteiger partial charge >= 0.3 is 0 Å². The Balaban J connectivity index is 0.000000169.